The highest BCUT2D eigenvalue weighted by atomic mass is 16.6. The number of aromatic nitrogens is 6. The maximum absolute atomic E-state index is 12.6. The number of hydrogen-bond acceptors (Lipinski definition) is 10. The molecule has 0 aliphatic heterocycles. The van der Waals surface area contributed by atoms with E-state index in [2.05, 4.69) is 31.0 Å². The van der Waals surface area contributed by atoms with Gasteiger partial charge in [-0.15, -0.1) is 5.10 Å². The Morgan fingerprint density at radius 2 is 2.03 bits per heavy atom. The molecule has 0 saturated carbocycles. The molecule has 2 heterocycles. The average Bonchev–Trinajstić information content (AvgIpc) is 3.50. The number of carbonyl (C=O) groups is 2. The number of para-hydroxylation sites is 1. The third-order valence-electron chi connectivity index (χ3n) is 4.24. The lowest BCUT2D eigenvalue weighted by atomic mass is 10.2. The first-order chi connectivity index (χ1) is 15.6. The Hall–Kier alpha value is -4.61. The highest BCUT2D eigenvalue weighted by Gasteiger charge is 2.17. The van der Waals surface area contributed by atoms with E-state index in [9.17, 15) is 9.59 Å². The van der Waals surface area contributed by atoms with Gasteiger partial charge in [-0.1, -0.05) is 29.4 Å². The number of esters is 1. The number of benzene rings is 2. The van der Waals surface area contributed by atoms with Crippen molar-refractivity contribution in [2.24, 2.45) is 0 Å². The summed E-state index contributed by atoms with van der Waals surface area (Å²) in [6.45, 7) is -0.339. The van der Waals surface area contributed by atoms with Crippen LogP contribution in [0.5, 0.6) is 5.75 Å². The van der Waals surface area contributed by atoms with Crippen molar-refractivity contribution in [3.8, 4) is 17.1 Å². The second kappa shape index (κ2) is 9.47. The monoisotopic (exact) mass is 435 g/mol. The number of nitrogens with zero attached hydrogens (tertiary/aromatic N) is 6. The number of rotatable bonds is 8. The van der Waals surface area contributed by atoms with Gasteiger partial charge < -0.3 is 19.3 Å². The van der Waals surface area contributed by atoms with Crippen molar-refractivity contribution in [1.82, 2.24) is 30.3 Å². The van der Waals surface area contributed by atoms with E-state index in [1.165, 1.54) is 17.1 Å². The fraction of sp³-hybridized carbons (Fsp3) is 0.150. The summed E-state index contributed by atoms with van der Waals surface area (Å²) >= 11 is 0. The van der Waals surface area contributed by atoms with Crippen LogP contribution in [0.3, 0.4) is 0 Å². The molecule has 162 valence electrons. The number of amides is 1. The lowest BCUT2D eigenvalue weighted by Gasteiger charge is -2.10. The molecule has 1 amide bonds. The Kier molecular flexibility index (Phi) is 6.11. The molecule has 1 N–H and O–H groups in total. The maximum Gasteiger partial charge on any atom is 0.340 e. The smallest absolute Gasteiger partial charge is 0.340 e. The van der Waals surface area contributed by atoms with Crippen molar-refractivity contribution in [3.63, 3.8) is 0 Å². The molecule has 0 aliphatic carbocycles. The molecule has 12 heteroatoms. The van der Waals surface area contributed by atoms with Gasteiger partial charge in [0.05, 0.1) is 18.4 Å². The second-order valence-electron chi connectivity index (χ2n) is 6.42. The fourth-order valence-corrected chi connectivity index (χ4v) is 2.76. The molecule has 0 bridgehead atoms. The van der Waals surface area contributed by atoms with Gasteiger partial charge in [0, 0.05) is 5.56 Å². The zero-order valence-electron chi connectivity index (χ0n) is 16.8. The number of nitrogens with one attached hydrogen (secondary N) is 1. The van der Waals surface area contributed by atoms with Crippen molar-refractivity contribution in [2.75, 3.05) is 12.4 Å². The van der Waals surface area contributed by atoms with Gasteiger partial charge in [0.25, 0.3) is 5.89 Å². The minimum atomic E-state index is -0.663. The lowest BCUT2D eigenvalue weighted by molar-refractivity contribution is -0.116. The van der Waals surface area contributed by atoms with Crippen LogP contribution in [0.4, 0.5) is 5.69 Å². The summed E-state index contributed by atoms with van der Waals surface area (Å²) in [4.78, 5) is 29.0. The van der Waals surface area contributed by atoms with Gasteiger partial charge in [-0.2, -0.15) is 4.98 Å². The third-order valence-corrected chi connectivity index (χ3v) is 4.24. The summed E-state index contributed by atoms with van der Waals surface area (Å²) in [5.74, 6) is 0.0439. The average molecular weight is 435 g/mol. The van der Waals surface area contributed by atoms with Gasteiger partial charge in [0.15, 0.2) is 6.61 Å². The normalized spacial score (nSPS) is 10.5. The van der Waals surface area contributed by atoms with Gasteiger partial charge in [-0.05, 0) is 34.7 Å². The van der Waals surface area contributed by atoms with Gasteiger partial charge >= 0.3 is 5.97 Å². The molecule has 12 nitrogen and oxygen atoms in total. The predicted molar refractivity (Wildman–Crippen MR) is 108 cm³/mol. The van der Waals surface area contributed by atoms with Gasteiger partial charge in [0.1, 0.15) is 18.6 Å². The first-order valence-electron chi connectivity index (χ1n) is 9.36. The van der Waals surface area contributed by atoms with Crippen molar-refractivity contribution in [3.05, 3.63) is 66.3 Å². The van der Waals surface area contributed by atoms with E-state index in [4.69, 9.17) is 14.0 Å². The molecule has 0 atom stereocenters. The number of methoxy groups -OCH3 is 1. The van der Waals surface area contributed by atoms with E-state index < -0.39 is 11.9 Å². The van der Waals surface area contributed by atoms with E-state index in [1.807, 2.05) is 0 Å². The molecule has 0 fully saturated rings. The number of anilines is 1. The minimum absolute atomic E-state index is 0.106. The molecule has 4 aromatic rings. The van der Waals surface area contributed by atoms with Crippen molar-refractivity contribution >= 4 is 17.6 Å². The fourth-order valence-electron chi connectivity index (χ4n) is 2.76. The largest absolute Gasteiger partial charge is 0.497 e. The summed E-state index contributed by atoms with van der Waals surface area (Å²) < 4.78 is 16.9. The number of tetrazole rings is 1. The van der Waals surface area contributed by atoms with Crippen LogP contribution in [0.1, 0.15) is 16.2 Å². The molecular formula is C20H17N7O5. The maximum atomic E-state index is 12.6. The van der Waals surface area contributed by atoms with Crippen LogP contribution in [0.25, 0.3) is 11.4 Å². The number of hydrogen-bond donors (Lipinski definition) is 1. The van der Waals surface area contributed by atoms with E-state index in [-0.39, 0.29) is 30.3 Å². The van der Waals surface area contributed by atoms with Crippen LogP contribution in [0, 0.1) is 0 Å². The molecule has 0 radical (unpaired) electrons. The van der Waals surface area contributed by atoms with Crippen LogP contribution in [-0.2, 0) is 22.7 Å². The van der Waals surface area contributed by atoms with Gasteiger partial charge in [-0.3, -0.25) is 4.79 Å². The molecular weight excluding hydrogens is 418 g/mol. The van der Waals surface area contributed by atoms with Crippen LogP contribution < -0.4 is 10.1 Å². The molecule has 2 aromatic carbocycles. The van der Waals surface area contributed by atoms with E-state index in [1.54, 1.807) is 49.6 Å². The molecule has 32 heavy (non-hydrogen) atoms. The van der Waals surface area contributed by atoms with E-state index in [0.29, 0.717) is 17.1 Å². The summed E-state index contributed by atoms with van der Waals surface area (Å²) in [5.41, 5.74) is 1.16. The van der Waals surface area contributed by atoms with Gasteiger partial charge in [0.2, 0.25) is 11.7 Å². The molecule has 2 aromatic heterocycles. The molecule has 4 rings (SSSR count). The Morgan fingerprint density at radius 1 is 1.16 bits per heavy atom. The Bertz CT molecular complexity index is 1220. The summed E-state index contributed by atoms with van der Waals surface area (Å²) in [7, 11) is 1.56. The Balaban J connectivity index is 1.39. The van der Waals surface area contributed by atoms with E-state index in [0.717, 1.165) is 0 Å². The third kappa shape index (κ3) is 4.92. The zero-order valence-corrected chi connectivity index (χ0v) is 16.8. The van der Waals surface area contributed by atoms with Crippen LogP contribution in [0.2, 0.25) is 0 Å². The first-order valence-corrected chi connectivity index (χ1v) is 9.36. The quantitative estimate of drug-likeness (QED) is 0.406. The predicted octanol–water partition coefficient (Wildman–Crippen LogP) is 1.73. The van der Waals surface area contributed by atoms with Crippen molar-refractivity contribution in [1.29, 1.82) is 0 Å². The van der Waals surface area contributed by atoms with E-state index >= 15 is 0 Å². The van der Waals surface area contributed by atoms with Gasteiger partial charge in [-0.25, -0.2) is 9.48 Å². The summed E-state index contributed by atoms with van der Waals surface area (Å²) in [5, 5.41) is 17.1. The molecule has 0 unspecified atom stereocenters. The topological polar surface area (TPSA) is 147 Å². The minimum Gasteiger partial charge on any atom is -0.497 e. The lowest BCUT2D eigenvalue weighted by Crippen LogP contribution is -2.21. The standard InChI is InChI=1S/C20H17N7O5/c1-30-14-6-4-5-13(9-14)19-23-18(32-24-19)11-31-20(29)15-7-2-3-8-16(15)22-17(28)10-27-12-21-25-26-27/h2-9,12H,10-11H2,1H3,(H,22,28). The van der Waals surface area contributed by atoms with Crippen molar-refractivity contribution < 1.29 is 23.6 Å². The Labute approximate surface area is 181 Å². The highest BCUT2D eigenvalue weighted by molar-refractivity contribution is 6.01. The SMILES string of the molecule is COc1cccc(-c2noc(COC(=O)c3ccccc3NC(=O)Cn3cnnn3)n2)c1. The van der Waals surface area contributed by atoms with Crippen LogP contribution >= 0.6 is 0 Å². The number of carbonyl (C=O) groups excluding carboxylic acids is 2. The highest BCUT2D eigenvalue weighted by Crippen LogP contribution is 2.22. The van der Waals surface area contributed by atoms with Crippen LogP contribution in [-0.4, -0.2) is 49.3 Å². The van der Waals surface area contributed by atoms with Crippen molar-refractivity contribution in [2.45, 2.75) is 13.2 Å². The molecule has 0 aliphatic rings. The van der Waals surface area contributed by atoms with Crippen LogP contribution in [0.15, 0.2) is 59.4 Å². The number of ether oxygens (including phenoxy) is 2. The summed E-state index contributed by atoms with van der Waals surface area (Å²) in [6.07, 6.45) is 1.31. The first kappa shape index (κ1) is 20.7. The Morgan fingerprint density at radius 3 is 2.84 bits per heavy atom. The summed E-state index contributed by atoms with van der Waals surface area (Å²) in [6, 6.07) is 13.6. The second-order valence-corrected chi connectivity index (χ2v) is 6.42. The molecule has 0 saturated heterocycles. The zero-order chi connectivity index (χ0) is 22.3. The molecule has 0 spiro atoms.